The van der Waals surface area contributed by atoms with Gasteiger partial charge in [0.25, 0.3) is 0 Å². The standard InChI is InChI=1S/C20H36O6/c1-25-19(23)15-11-7-3-5-9-13-17(21)18(22)14-10-6-4-8-12-16-20(24)26-2/h17,21H,3-16H2,1-2H3. The summed E-state index contributed by atoms with van der Waals surface area (Å²) in [5, 5.41) is 9.89. The number of hydrogen-bond acceptors (Lipinski definition) is 6. The highest BCUT2D eigenvalue weighted by molar-refractivity contribution is 5.82. The summed E-state index contributed by atoms with van der Waals surface area (Å²) in [6.45, 7) is 0. The van der Waals surface area contributed by atoms with E-state index in [1.54, 1.807) is 0 Å². The van der Waals surface area contributed by atoms with E-state index in [-0.39, 0.29) is 17.7 Å². The van der Waals surface area contributed by atoms with Crippen LogP contribution in [-0.2, 0) is 23.9 Å². The van der Waals surface area contributed by atoms with E-state index < -0.39 is 6.10 Å². The highest BCUT2D eigenvalue weighted by atomic mass is 16.5. The molecule has 6 nitrogen and oxygen atoms in total. The molecule has 1 unspecified atom stereocenters. The van der Waals surface area contributed by atoms with Crippen molar-refractivity contribution in [2.45, 2.75) is 96.0 Å². The number of unbranched alkanes of at least 4 members (excludes halogenated alkanes) is 8. The van der Waals surface area contributed by atoms with E-state index in [0.717, 1.165) is 64.2 Å². The average molecular weight is 373 g/mol. The maximum atomic E-state index is 11.9. The number of ether oxygens (including phenoxy) is 2. The molecular formula is C20H36O6. The number of Topliss-reactive ketones (excluding diaryl/α,β-unsaturated/α-hetero) is 1. The smallest absolute Gasteiger partial charge is 0.305 e. The van der Waals surface area contributed by atoms with Gasteiger partial charge in [0.2, 0.25) is 0 Å². The third kappa shape index (κ3) is 14.9. The van der Waals surface area contributed by atoms with E-state index in [0.29, 0.717) is 25.7 Å². The highest BCUT2D eigenvalue weighted by Crippen LogP contribution is 2.13. The number of aliphatic hydroxyl groups is 1. The van der Waals surface area contributed by atoms with Crippen molar-refractivity contribution in [3.63, 3.8) is 0 Å². The molecule has 0 rings (SSSR count). The number of esters is 2. The SMILES string of the molecule is COC(=O)CCCCCCCC(=O)C(O)CCCCCCCC(=O)OC. The van der Waals surface area contributed by atoms with Crippen LogP contribution in [-0.4, -0.2) is 43.2 Å². The van der Waals surface area contributed by atoms with Crippen LogP contribution in [0.4, 0.5) is 0 Å². The first kappa shape index (κ1) is 24.6. The summed E-state index contributed by atoms with van der Waals surface area (Å²) in [4.78, 5) is 33.8. The second-order valence-electron chi connectivity index (χ2n) is 6.71. The Morgan fingerprint density at radius 3 is 1.50 bits per heavy atom. The van der Waals surface area contributed by atoms with Gasteiger partial charge in [-0.05, 0) is 25.7 Å². The molecule has 152 valence electrons. The maximum Gasteiger partial charge on any atom is 0.305 e. The number of methoxy groups -OCH3 is 2. The van der Waals surface area contributed by atoms with Crippen molar-refractivity contribution in [2.75, 3.05) is 14.2 Å². The lowest BCUT2D eigenvalue weighted by atomic mass is 10.0. The summed E-state index contributed by atoms with van der Waals surface area (Å²) in [5.41, 5.74) is 0. The first-order chi connectivity index (χ1) is 12.5. The fraction of sp³-hybridized carbons (Fsp3) is 0.850. The molecule has 0 aliphatic heterocycles. The molecule has 0 aromatic rings. The zero-order chi connectivity index (χ0) is 19.6. The van der Waals surface area contributed by atoms with Crippen LogP contribution in [0.2, 0.25) is 0 Å². The van der Waals surface area contributed by atoms with Gasteiger partial charge < -0.3 is 14.6 Å². The van der Waals surface area contributed by atoms with Crippen LogP contribution < -0.4 is 0 Å². The van der Waals surface area contributed by atoms with Gasteiger partial charge in [-0.3, -0.25) is 14.4 Å². The Kier molecular flexibility index (Phi) is 16.1. The summed E-state index contributed by atoms with van der Waals surface area (Å²) in [6, 6.07) is 0. The van der Waals surface area contributed by atoms with Gasteiger partial charge >= 0.3 is 11.9 Å². The number of rotatable bonds is 17. The highest BCUT2D eigenvalue weighted by Gasteiger charge is 2.13. The predicted molar refractivity (Wildman–Crippen MR) is 99.7 cm³/mol. The molecule has 6 heteroatoms. The Morgan fingerprint density at radius 1 is 0.654 bits per heavy atom. The number of aliphatic hydroxyl groups excluding tert-OH is 1. The number of hydrogen-bond donors (Lipinski definition) is 1. The zero-order valence-corrected chi connectivity index (χ0v) is 16.5. The van der Waals surface area contributed by atoms with Crippen LogP contribution in [0.1, 0.15) is 89.9 Å². The molecular weight excluding hydrogens is 336 g/mol. The quantitative estimate of drug-likeness (QED) is 0.309. The number of carbonyl (C=O) groups excluding carboxylic acids is 3. The van der Waals surface area contributed by atoms with E-state index in [2.05, 4.69) is 9.47 Å². The second kappa shape index (κ2) is 17.0. The summed E-state index contributed by atoms with van der Waals surface area (Å²) in [7, 11) is 2.79. The van der Waals surface area contributed by atoms with Crippen molar-refractivity contribution in [3.05, 3.63) is 0 Å². The van der Waals surface area contributed by atoms with Crippen LogP contribution in [0.5, 0.6) is 0 Å². The van der Waals surface area contributed by atoms with E-state index in [4.69, 9.17) is 0 Å². The molecule has 0 fully saturated rings. The van der Waals surface area contributed by atoms with E-state index in [9.17, 15) is 19.5 Å². The molecule has 0 spiro atoms. The largest absolute Gasteiger partial charge is 0.469 e. The van der Waals surface area contributed by atoms with Crippen LogP contribution >= 0.6 is 0 Å². The van der Waals surface area contributed by atoms with Gasteiger partial charge in [0.1, 0.15) is 6.10 Å². The average Bonchev–Trinajstić information content (AvgIpc) is 2.65. The van der Waals surface area contributed by atoms with Crippen LogP contribution in [0.3, 0.4) is 0 Å². The minimum Gasteiger partial charge on any atom is -0.469 e. The second-order valence-corrected chi connectivity index (χ2v) is 6.71. The van der Waals surface area contributed by atoms with Crippen molar-refractivity contribution in [2.24, 2.45) is 0 Å². The van der Waals surface area contributed by atoms with E-state index >= 15 is 0 Å². The Hall–Kier alpha value is -1.43. The number of ketones is 1. The van der Waals surface area contributed by atoms with Crippen molar-refractivity contribution >= 4 is 17.7 Å². The minimum absolute atomic E-state index is 0.0646. The third-order valence-corrected chi connectivity index (χ3v) is 4.49. The van der Waals surface area contributed by atoms with E-state index in [1.165, 1.54) is 14.2 Å². The van der Waals surface area contributed by atoms with Gasteiger partial charge in [-0.2, -0.15) is 0 Å². The third-order valence-electron chi connectivity index (χ3n) is 4.49. The van der Waals surface area contributed by atoms with Crippen LogP contribution in [0, 0.1) is 0 Å². The fourth-order valence-electron chi connectivity index (χ4n) is 2.77. The van der Waals surface area contributed by atoms with Gasteiger partial charge in [0.15, 0.2) is 5.78 Å². The van der Waals surface area contributed by atoms with Gasteiger partial charge in [-0.1, -0.05) is 44.9 Å². The molecule has 0 bridgehead atoms. The van der Waals surface area contributed by atoms with Crippen molar-refractivity contribution in [1.29, 1.82) is 0 Å². The number of carbonyl (C=O) groups is 3. The Balaban J connectivity index is 3.45. The minimum atomic E-state index is -0.843. The molecule has 0 aromatic carbocycles. The molecule has 0 saturated carbocycles. The summed E-state index contributed by atoms with van der Waals surface area (Å²) in [6.07, 6.45) is 10.1. The van der Waals surface area contributed by atoms with Gasteiger partial charge in [-0.25, -0.2) is 0 Å². The lowest BCUT2D eigenvalue weighted by Gasteiger charge is -2.09. The molecule has 0 radical (unpaired) electrons. The molecule has 0 amide bonds. The molecule has 0 aromatic heterocycles. The fourth-order valence-corrected chi connectivity index (χ4v) is 2.77. The molecule has 0 aliphatic rings. The maximum absolute atomic E-state index is 11.9. The Morgan fingerprint density at radius 2 is 1.04 bits per heavy atom. The lowest BCUT2D eigenvalue weighted by molar-refractivity contribution is -0.141. The molecule has 26 heavy (non-hydrogen) atoms. The first-order valence-electron chi connectivity index (χ1n) is 9.85. The molecule has 1 atom stereocenters. The summed E-state index contributed by atoms with van der Waals surface area (Å²) >= 11 is 0. The monoisotopic (exact) mass is 372 g/mol. The van der Waals surface area contributed by atoms with Crippen molar-refractivity contribution in [3.8, 4) is 0 Å². The Labute approximate surface area is 157 Å². The van der Waals surface area contributed by atoms with Crippen LogP contribution in [0.25, 0.3) is 0 Å². The van der Waals surface area contributed by atoms with Crippen molar-refractivity contribution < 1.29 is 29.0 Å². The molecule has 0 saturated heterocycles. The molecule has 0 heterocycles. The first-order valence-corrected chi connectivity index (χ1v) is 9.85. The Bertz CT molecular complexity index is 394. The summed E-state index contributed by atoms with van der Waals surface area (Å²) < 4.78 is 9.16. The van der Waals surface area contributed by atoms with Crippen molar-refractivity contribution in [1.82, 2.24) is 0 Å². The predicted octanol–water partition coefficient (Wildman–Crippen LogP) is 3.72. The zero-order valence-electron chi connectivity index (χ0n) is 16.5. The van der Waals surface area contributed by atoms with E-state index in [1.807, 2.05) is 0 Å². The van der Waals surface area contributed by atoms with Crippen LogP contribution in [0.15, 0.2) is 0 Å². The topological polar surface area (TPSA) is 89.9 Å². The lowest BCUT2D eigenvalue weighted by Crippen LogP contribution is -2.19. The van der Waals surface area contributed by atoms with Gasteiger partial charge in [0.05, 0.1) is 14.2 Å². The van der Waals surface area contributed by atoms with Gasteiger partial charge in [-0.15, -0.1) is 0 Å². The normalized spacial score (nSPS) is 11.8. The molecule has 0 aliphatic carbocycles. The molecule has 1 N–H and O–H groups in total. The summed E-state index contributed by atoms with van der Waals surface area (Å²) in [5.74, 6) is -0.411. The van der Waals surface area contributed by atoms with Gasteiger partial charge in [0, 0.05) is 19.3 Å².